The van der Waals surface area contributed by atoms with Crippen LogP contribution in [0, 0.1) is 18.3 Å². The molecule has 1 aromatic carbocycles. The summed E-state index contributed by atoms with van der Waals surface area (Å²) >= 11 is 0. The van der Waals surface area contributed by atoms with Crippen LogP contribution in [0.3, 0.4) is 0 Å². The van der Waals surface area contributed by atoms with E-state index in [1.165, 1.54) is 0 Å². The smallest absolute Gasteiger partial charge is 0.213 e. The van der Waals surface area contributed by atoms with Crippen molar-refractivity contribution in [1.29, 1.82) is 5.26 Å². The molecule has 0 bridgehead atoms. The van der Waals surface area contributed by atoms with Crippen molar-refractivity contribution in [3.63, 3.8) is 0 Å². The number of anilines is 2. The van der Waals surface area contributed by atoms with Crippen molar-refractivity contribution in [2.75, 3.05) is 44.8 Å². The van der Waals surface area contributed by atoms with Crippen LogP contribution in [0.5, 0.6) is 11.6 Å². The third-order valence-electron chi connectivity index (χ3n) is 5.21. The Balaban J connectivity index is 1.44. The number of nitrogens with zero attached hydrogens (tertiary/aromatic N) is 4. The Kier molecular flexibility index (Phi) is 6.46. The van der Waals surface area contributed by atoms with E-state index in [4.69, 9.17) is 9.47 Å². The Morgan fingerprint density at radius 3 is 2.77 bits per heavy atom. The maximum atomic E-state index is 9.91. The van der Waals surface area contributed by atoms with Crippen LogP contribution < -0.4 is 10.1 Å². The van der Waals surface area contributed by atoms with Crippen LogP contribution >= 0.6 is 0 Å². The number of aryl methyl sites for hydroxylation is 1. The summed E-state index contributed by atoms with van der Waals surface area (Å²) in [6.45, 7) is 6.89. The van der Waals surface area contributed by atoms with Crippen LogP contribution in [-0.2, 0) is 4.74 Å². The topological polar surface area (TPSA) is 104 Å². The molecule has 31 heavy (non-hydrogen) atoms. The number of phenols is 1. The van der Waals surface area contributed by atoms with Crippen LogP contribution in [0.15, 0.2) is 36.4 Å². The van der Waals surface area contributed by atoms with Gasteiger partial charge in [0.1, 0.15) is 17.6 Å². The Hall–Kier alpha value is -3.41. The lowest BCUT2D eigenvalue weighted by Gasteiger charge is -2.26. The highest BCUT2D eigenvalue weighted by Crippen LogP contribution is 2.27. The SMILES string of the molecule is Cc1ccc(Nc2nc3ccc(OCCCN4CCOCC4)nc3cc2C#N)cc1O. The zero-order chi connectivity index (χ0) is 21.6. The van der Waals surface area contributed by atoms with Gasteiger partial charge in [0, 0.05) is 37.5 Å². The molecule has 0 atom stereocenters. The zero-order valence-corrected chi connectivity index (χ0v) is 17.5. The van der Waals surface area contributed by atoms with E-state index in [2.05, 4.69) is 26.3 Å². The molecule has 4 rings (SSSR count). The van der Waals surface area contributed by atoms with E-state index >= 15 is 0 Å². The van der Waals surface area contributed by atoms with Crippen LogP contribution in [0.1, 0.15) is 17.5 Å². The van der Waals surface area contributed by atoms with Crippen molar-refractivity contribution < 1.29 is 14.6 Å². The average Bonchev–Trinajstić information content (AvgIpc) is 2.79. The second kappa shape index (κ2) is 9.60. The van der Waals surface area contributed by atoms with Gasteiger partial charge in [-0.3, -0.25) is 4.90 Å². The third-order valence-corrected chi connectivity index (χ3v) is 5.21. The summed E-state index contributed by atoms with van der Waals surface area (Å²) in [5, 5.41) is 22.6. The summed E-state index contributed by atoms with van der Waals surface area (Å²) in [6, 6.07) is 12.7. The Labute approximate surface area is 181 Å². The van der Waals surface area contributed by atoms with E-state index in [0.29, 0.717) is 40.6 Å². The summed E-state index contributed by atoms with van der Waals surface area (Å²) in [7, 11) is 0. The number of pyridine rings is 2. The first-order valence-corrected chi connectivity index (χ1v) is 10.3. The molecule has 8 nitrogen and oxygen atoms in total. The van der Waals surface area contributed by atoms with Crippen LogP contribution in [0.4, 0.5) is 11.5 Å². The molecule has 1 fully saturated rings. The minimum Gasteiger partial charge on any atom is -0.508 e. The lowest BCUT2D eigenvalue weighted by molar-refractivity contribution is 0.0357. The molecule has 0 unspecified atom stereocenters. The molecule has 0 radical (unpaired) electrons. The highest BCUT2D eigenvalue weighted by molar-refractivity contribution is 5.81. The minimum atomic E-state index is 0.182. The molecule has 0 aliphatic carbocycles. The fourth-order valence-electron chi connectivity index (χ4n) is 3.41. The quantitative estimate of drug-likeness (QED) is 0.562. The predicted octanol–water partition coefficient (Wildman–Crippen LogP) is 3.36. The van der Waals surface area contributed by atoms with Crippen molar-refractivity contribution in [3.8, 4) is 17.7 Å². The van der Waals surface area contributed by atoms with E-state index < -0.39 is 0 Å². The molecule has 8 heteroatoms. The van der Waals surface area contributed by atoms with E-state index in [1.807, 2.05) is 19.1 Å². The third kappa shape index (κ3) is 5.20. The number of nitriles is 1. The van der Waals surface area contributed by atoms with Gasteiger partial charge in [0.15, 0.2) is 0 Å². The molecule has 0 saturated carbocycles. The summed E-state index contributed by atoms with van der Waals surface area (Å²) < 4.78 is 11.2. The largest absolute Gasteiger partial charge is 0.508 e. The Morgan fingerprint density at radius 2 is 2.00 bits per heavy atom. The number of aromatic nitrogens is 2. The van der Waals surface area contributed by atoms with Crippen LogP contribution in [0.25, 0.3) is 11.0 Å². The van der Waals surface area contributed by atoms with Crippen molar-refractivity contribution >= 4 is 22.5 Å². The summed E-state index contributed by atoms with van der Waals surface area (Å²) in [5.74, 6) is 1.12. The monoisotopic (exact) mass is 419 g/mol. The molecule has 160 valence electrons. The molecule has 0 amide bonds. The van der Waals surface area contributed by atoms with Gasteiger partial charge in [-0.2, -0.15) is 5.26 Å². The maximum absolute atomic E-state index is 9.91. The van der Waals surface area contributed by atoms with Gasteiger partial charge >= 0.3 is 0 Å². The van der Waals surface area contributed by atoms with Gasteiger partial charge in [0.05, 0.1) is 36.4 Å². The molecular formula is C23H25N5O3. The van der Waals surface area contributed by atoms with E-state index in [1.54, 1.807) is 24.3 Å². The van der Waals surface area contributed by atoms with Crippen molar-refractivity contribution in [3.05, 3.63) is 47.5 Å². The minimum absolute atomic E-state index is 0.182. The Bertz CT molecular complexity index is 1110. The molecular weight excluding hydrogens is 394 g/mol. The lowest BCUT2D eigenvalue weighted by Crippen LogP contribution is -2.37. The molecule has 1 aliphatic rings. The Morgan fingerprint density at radius 1 is 1.16 bits per heavy atom. The first-order valence-electron chi connectivity index (χ1n) is 10.3. The number of hydrogen-bond donors (Lipinski definition) is 2. The summed E-state index contributed by atoms with van der Waals surface area (Å²) in [4.78, 5) is 11.4. The first-order chi connectivity index (χ1) is 15.1. The van der Waals surface area contributed by atoms with Crippen molar-refractivity contribution in [2.24, 2.45) is 0 Å². The van der Waals surface area contributed by atoms with Crippen molar-refractivity contribution in [1.82, 2.24) is 14.9 Å². The average molecular weight is 419 g/mol. The van der Waals surface area contributed by atoms with E-state index in [-0.39, 0.29) is 5.75 Å². The fourth-order valence-corrected chi connectivity index (χ4v) is 3.41. The van der Waals surface area contributed by atoms with Gasteiger partial charge in [0.2, 0.25) is 5.88 Å². The first kappa shape index (κ1) is 20.8. The van der Waals surface area contributed by atoms with E-state index in [9.17, 15) is 10.4 Å². The van der Waals surface area contributed by atoms with Crippen LogP contribution in [0.2, 0.25) is 0 Å². The number of benzene rings is 1. The molecule has 2 N–H and O–H groups in total. The summed E-state index contributed by atoms with van der Waals surface area (Å²) in [6.07, 6.45) is 0.910. The van der Waals surface area contributed by atoms with Gasteiger partial charge in [-0.15, -0.1) is 0 Å². The molecule has 2 aromatic heterocycles. The standard InChI is InChI=1S/C23H25N5O3/c1-16-3-4-18(14-21(16)29)25-23-17(15-24)13-20-19(27-23)5-6-22(26-20)31-10-2-7-28-8-11-30-12-9-28/h3-6,13-14,29H,2,7-12H2,1H3,(H,25,27). The molecule has 3 heterocycles. The number of morpholine rings is 1. The molecule has 0 spiro atoms. The van der Waals surface area contributed by atoms with Crippen molar-refractivity contribution in [2.45, 2.75) is 13.3 Å². The molecule has 3 aromatic rings. The van der Waals surface area contributed by atoms with E-state index in [0.717, 1.165) is 44.8 Å². The normalized spacial score (nSPS) is 14.3. The number of hydrogen-bond acceptors (Lipinski definition) is 8. The molecule has 1 aliphatic heterocycles. The van der Waals surface area contributed by atoms with Gasteiger partial charge in [0.25, 0.3) is 0 Å². The number of phenolic OH excluding ortho intramolecular Hbond substituents is 1. The number of nitrogens with one attached hydrogen (secondary N) is 1. The van der Waals surface area contributed by atoms with Gasteiger partial charge in [-0.25, -0.2) is 9.97 Å². The second-order valence-electron chi connectivity index (χ2n) is 7.47. The lowest BCUT2D eigenvalue weighted by atomic mass is 10.2. The van der Waals surface area contributed by atoms with Gasteiger partial charge < -0.3 is 19.9 Å². The van der Waals surface area contributed by atoms with Gasteiger partial charge in [-0.1, -0.05) is 6.07 Å². The summed E-state index contributed by atoms with van der Waals surface area (Å²) in [5.41, 5.74) is 3.04. The highest BCUT2D eigenvalue weighted by atomic mass is 16.5. The zero-order valence-electron chi connectivity index (χ0n) is 17.5. The number of ether oxygens (including phenoxy) is 2. The van der Waals surface area contributed by atoms with Gasteiger partial charge in [-0.05, 0) is 37.1 Å². The predicted molar refractivity (Wildman–Crippen MR) is 118 cm³/mol. The molecule has 1 saturated heterocycles. The maximum Gasteiger partial charge on any atom is 0.213 e. The second-order valence-corrected chi connectivity index (χ2v) is 7.47. The number of fused-ring (bicyclic) bond motifs is 1. The number of rotatable bonds is 7. The number of aromatic hydroxyl groups is 1. The van der Waals surface area contributed by atoms with Crippen LogP contribution in [-0.4, -0.2) is 59.4 Å². The fraction of sp³-hybridized carbons (Fsp3) is 0.348. The highest BCUT2D eigenvalue weighted by Gasteiger charge is 2.11.